The number of hydrogen-bond acceptors (Lipinski definition) is 3. The topological polar surface area (TPSA) is 30.5 Å². The number of ether oxygens (including phenoxy) is 2. The van der Waals surface area contributed by atoms with Crippen molar-refractivity contribution in [2.45, 2.75) is 33.4 Å². The first kappa shape index (κ1) is 17.8. The van der Waals surface area contributed by atoms with Gasteiger partial charge in [0.25, 0.3) is 0 Å². The van der Waals surface area contributed by atoms with Crippen LogP contribution in [0.5, 0.6) is 11.5 Å². The molecule has 0 bridgehead atoms. The van der Waals surface area contributed by atoms with Crippen molar-refractivity contribution < 1.29 is 9.47 Å². The Labute approximate surface area is 147 Å². The molecule has 2 aromatic carbocycles. The zero-order valence-corrected chi connectivity index (χ0v) is 15.0. The molecule has 0 fully saturated rings. The van der Waals surface area contributed by atoms with Crippen LogP contribution in [0.15, 0.2) is 36.4 Å². The van der Waals surface area contributed by atoms with Gasteiger partial charge in [0.15, 0.2) is 11.5 Å². The Balaban J connectivity index is 2.17. The fourth-order valence-electron chi connectivity index (χ4n) is 2.09. The van der Waals surface area contributed by atoms with Crippen molar-refractivity contribution in [2.75, 3.05) is 11.9 Å². The normalized spacial score (nSPS) is 10.7. The summed E-state index contributed by atoms with van der Waals surface area (Å²) in [6.45, 7) is 7.04. The van der Waals surface area contributed by atoms with Crippen LogP contribution in [-0.4, -0.2) is 12.7 Å². The Hall–Kier alpha value is -1.58. The third kappa shape index (κ3) is 5.22. The van der Waals surface area contributed by atoms with Gasteiger partial charge in [0.1, 0.15) is 0 Å². The second-order valence-electron chi connectivity index (χ2n) is 5.35. The quantitative estimate of drug-likeness (QED) is 0.682. The summed E-state index contributed by atoms with van der Waals surface area (Å²) in [5.41, 5.74) is 1.92. The van der Waals surface area contributed by atoms with Crippen LogP contribution in [0.25, 0.3) is 0 Å². The first-order valence-corrected chi connectivity index (χ1v) is 8.36. The molecule has 2 aromatic rings. The highest BCUT2D eigenvalue weighted by Gasteiger charge is 2.12. The smallest absolute Gasteiger partial charge is 0.163 e. The summed E-state index contributed by atoms with van der Waals surface area (Å²) in [4.78, 5) is 0. The molecule has 0 aliphatic heterocycles. The molecule has 0 radical (unpaired) electrons. The second-order valence-corrected chi connectivity index (χ2v) is 6.19. The lowest BCUT2D eigenvalue weighted by atomic mass is 10.2. The number of rotatable bonds is 7. The summed E-state index contributed by atoms with van der Waals surface area (Å²) >= 11 is 12.3. The fraction of sp³-hybridized carbons (Fsp3) is 0.333. The van der Waals surface area contributed by atoms with Crippen molar-refractivity contribution in [3.63, 3.8) is 0 Å². The average Bonchev–Trinajstić information content (AvgIpc) is 2.50. The number of anilines is 1. The van der Waals surface area contributed by atoms with Gasteiger partial charge < -0.3 is 14.8 Å². The standard InChI is InChI=1S/C18H21Cl2NO2/c1-4-22-17-9-13(16(20)10-18(17)23-12(2)3)11-21-15-7-5-14(19)6-8-15/h5-10,12,21H,4,11H2,1-3H3. The van der Waals surface area contributed by atoms with Gasteiger partial charge in [0.2, 0.25) is 0 Å². The molecule has 124 valence electrons. The third-order valence-electron chi connectivity index (χ3n) is 3.10. The first-order chi connectivity index (χ1) is 11.0. The number of benzene rings is 2. The molecular weight excluding hydrogens is 333 g/mol. The minimum absolute atomic E-state index is 0.0586. The van der Waals surface area contributed by atoms with E-state index in [4.69, 9.17) is 32.7 Å². The van der Waals surface area contributed by atoms with E-state index < -0.39 is 0 Å². The van der Waals surface area contributed by atoms with Crippen molar-refractivity contribution in [2.24, 2.45) is 0 Å². The van der Waals surface area contributed by atoms with Crippen molar-refractivity contribution in [1.82, 2.24) is 0 Å². The molecule has 0 unspecified atom stereocenters. The van der Waals surface area contributed by atoms with Crippen molar-refractivity contribution in [1.29, 1.82) is 0 Å². The molecule has 0 atom stereocenters. The highest BCUT2D eigenvalue weighted by atomic mass is 35.5. The van der Waals surface area contributed by atoms with E-state index in [9.17, 15) is 0 Å². The van der Waals surface area contributed by atoms with Gasteiger partial charge in [-0.05, 0) is 56.7 Å². The molecule has 0 aromatic heterocycles. The monoisotopic (exact) mass is 353 g/mol. The molecule has 5 heteroatoms. The molecule has 1 N–H and O–H groups in total. The van der Waals surface area contributed by atoms with Crippen LogP contribution < -0.4 is 14.8 Å². The van der Waals surface area contributed by atoms with Crippen molar-refractivity contribution >= 4 is 28.9 Å². The lowest BCUT2D eigenvalue weighted by molar-refractivity contribution is 0.224. The van der Waals surface area contributed by atoms with Gasteiger partial charge in [0.05, 0.1) is 12.7 Å². The van der Waals surface area contributed by atoms with Crippen LogP contribution in [0.4, 0.5) is 5.69 Å². The van der Waals surface area contributed by atoms with Crippen molar-refractivity contribution in [3.05, 3.63) is 52.0 Å². The SMILES string of the molecule is CCOc1cc(CNc2ccc(Cl)cc2)c(Cl)cc1OC(C)C. The van der Waals surface area contributed by atoms with E-state index in [0.717, 1.165) is 11.3 Å². The Morgan fingerprint density at radius 2 is 1.74 bits per heavy atom. The van der Waals surface area contributed by atoms with Crippen LogP contribution >= 0.6 is 23.2 Å². The van der Waals surface area contributed by atoms with Crippen molar-refractivity contribution in [3.8, 4) is 11.5 Å². The zero-order valence-electron chi connectivity index (χ0n) is 13.5. The first-order valence-electron chi connectivity index (χ1n) is 7.61. The molecule has 0 spiro atoms. The second kappa shape index (κ2) is 8.32. The summed E-state index contributed by atoms with van der Waals surface area (Å²) in [5.74, 6) is 1.38. The Morgan fingerprint density at radius 3 is 2.35 bits per heavy atom. The number of nitrogens with one attached hydrogen (secondary N) is 1. The molecule has 2 rings (SSSR count). The maximum Gasteiger partial charge on any atom is 0.163 e. The van der Waals surface area contributed by atoms with Crippen LogP contribution in [0, 0.1) is 0 Å². The highest BCUT2D eigenvalue weighted by molar-refractivity contribution is 6.31. The number of hydrogen-bond donors (Lipinski definition) is 1. The van der Waals surface area contributed by atoms with Crippen LogP contribution in [0.2, 0.25) is 10.0 Å². The average molecular weight is 354 g/mol. The van der Waals surface area contributed by atoms with E-state index in [2.05, 4.69) is 5.32 Å². The van der Waals surface area contributed by atoms with Crippen LogP contribution in [-0.2, 0) is 6.54 Å². The zero-order chi connectivity index (χ0) is 16.8. The Kier molecular flexibility index (Phi) is 6.43. The largest absolute Gasteiger partial charge is 0.490 e. The molecule has 0 saturated carbocycles. The summed E-state index contributed by atoms with van der Waals surface area (Å²) < 4.78 is 11.4. The van der Waals surface area contributed by atoms with E-state index in [1.165, 1.54) is 0 Å². The summed E-state index contributed by atoms with van der Waals surface area (Å²) in [6.07, 6.45) is 0.0586. The van der Waals surface area contributed by atoms with E-state index >= 15 is 0 Å². The molecule has 0 heterocycles. The lowest BCUT2D eigenvalue weighted by Gasteiger charge is -2.17. The predicted octanol–water partition coefficient (Wildman–Crippen LogP) is 5.79. The van der Waals surface area contributed by atoms with Crippen LogP contribution in [0.1, 0.15) is 26.3 Å². The molecule has 0 aliphatic carbocycles. The van der Waals surface area contributed by atoms with E-state index in [1.54, 1.807) is 0 Å². The summed E-state index contributed by atoms with van der Waals surface area (Å²) in [7, 11) is 0. The van der Waals surface area contributed by atoms with Gasteiger partial charge in [-0.3, -0.25) is 0 Å². The van der Waals surface area contributed by atoms with Crippen LogP contribution in [0.3, 0.4) is 0 Å². The number of halogens is 2. The Morgan fingerprint density at radius 1 is 1.04 bits per heavy atom. The summed E-state index contributed by atoms with van der Waals surface area (Å²) in [5, 5.41) is 4.67. The minimum atomic E-state index is 0.0586. The van der Waals surface area contributed by atoms with E-state index in [0.29, 0.717) is 34.7 Å². The summed E-state index contributed by atoms with van der Waals surface area (Å²) in [6, 6.07) is 11.3. The van der Waals surface area contributed by atoms with Gasteiger partial charge in [0, 0.05) is 28.3 Å². The fourth-order valence-corrected chi connectivity index (χ4v) is 2.44. The third-order valence-corrected chi connectivity index (χ3v) is 3.71. The lowest BCUT2D eigenvalue weighted by Crippen LogP contribution is -2.08. The van der Waals surface area contributed by atoms with Gasteiger partial charge >= 0.3 is 0 Å². The molecule has 3 nitrogen and oxygen atoms in total. The molecule has 0 aliphatic rings. The Bertz CT molecular complexity index is 642. The van der Waals surface area contributed by atoms with Gasteiger partial charge in [-0.25, -0.2) is 0 Å². The van der Waals surface area contributed by atoms with E-state index in [1.807, 2.05) is 57.2 Å². The molecule has 23 heavy (non-hydrogen) atoms. The van der Waals surface area contributed by atoms with Gasteiger partial charge in [-0.1, -0.05) is 23.2 Å². The molecule has 0 saturated heterocycles. The van der Waals surface area contributed by atoms with Gasteiger partial charge in [-0.2, -0.15) is 0 Å². The minimum Gasteiger partial charge on any atom is -0.490 e. The maximum atomic E-state index is 6.38. The maximum absolute atomic E-state index is 6.38. The molecule has 0 amide bonds. The highest BCUT2D eigenvalue weighted by Crippen LogP contribution is 2.34. The molecular formula is C18H21Cl2NO2. The van der Waals surface area contributed by atoms with Gasteiger partial charge in [-0.15, -0.1) is 0 Å². The predicted molar refractivity (Wildman–Crippen MR) is 97.2 cm³/mol. The van der Waals surface area contributed by atoms with E-state index in [-0.39, 0.29) is 6.10 Å².